The average molecular weight is 469 g/mol. The smallest absolute Gasteiger partial charge is 0.192 e. The van der Waals surface area contributed by atoms with E-state index in [1.165, 1.54) is 16.4 Å². The zero-order valence-electron chi connectivity index (χ0n) is 13.2. The van der Waals surface area contributed by atoms with Crippen molar-refractivity contribution in [1.82, 2.24) is 0 Å². The highest BCUT2D eigenvalue weighted by Gasteiger charge is 2.39. The molecule has 20 heavy (non-hydrogen) atoms. The van der Waals surface area contributed by atoms with Gasteiger partial charge in [-0.05, 0) is 53.1 Å². The van der Waals surface area contributed by atoms with Crippen molar-refractivity contribution in [1.29, 1.82) is 0 Å². The van der Waals surface area contributed by atoms with Gasteiger partial charge < -0.3 is 4.43 Å². The van der Waals surface area contributed by atoms with Crippen LogP contribution in [0.15, 0.2) is 28.7 Å². The highest BCUT2D eigenvalue weighted by molar-refractivity contribution is 14.1. The summed E-state index contributed by atoms with van der Waals surface area (Å²) in [5.41, 5.74) is 1.31. The summed E-state index contributed by atoms with van der Waals surface area (Å²) < 4.78 is 8.96. The Labute approximate surface area is 147 Å². The lowest BCUT2D eigenvalue weighted by Gasteiger charge is -2.39. The van der Waals surface area contributed by atoms with Gasteiger partial charge in [-0.15, -0.1) is 0 Å². The molecular weight excluding hydrogens is 443 g/mol. The lowest BCUT2D eigenvalue weighted by molar-refractivity contribution is 0.173. The molecule has 0 saturated carbocycles. The van der Waals surface area contributed by atoms with Gasteiger partial charge in [-0.1, -0.05) is 71.4 Å². The van der Waals surface area contributed by atoms with Crippen LogP contribution in [0.5, 0.6) is 0 Å². The number of halogens is 2. The maximum absolute atomic E-state index is 6.65. The van der Waals surface area contributed by atoms with Crippen molar-refractivity contribution in [3.05, 3.63) is 34.3 Å². The van der Waals surface area contributed by atoms with Gasteiger partial charge in [0.25, 0.3) is 0 Å². The van der Waals surface area contributed by atoms with Crippen molar-refractivity contribution in [3.63, 3.8) is 0 Å². The fraction of sp³-hybridized carbons (Fsp3) is 0.625. The molecule has 1 aromatic rings. The van der Waals surface area contributed by atoms with Crippen molar-refractivity contribution >= 4 is 46.8 Å². The second-order valence-corrected chi connectivity index (χ2v) is 13.5. The van der Waals surface area contributed by atoms with Crippen molar-refractivity contribution in [2.24, 2.45) is 0 Å². The molecule has 0 heterocycles. The van der Waals surface area contributed by atoms with Crippen LogP contribution in [0, 0.1) is 0 Å². The molecule has 1 aromatic carbocycles. The number of hydrogen-bond donors (Lipinski definition) is 0. The van der Waals surface area contributed by atoms with E-state index in [0.29, 0.717) is 0 Å². The van der Waals surface area contributed by atoms with Gasteiger partial charge in [0.1, 0.15) is 0 Å². The van der Waals surface area contributed by atoms with Gasteiger partial charge in [-0.2, -0.15) is 0 Å². The van der Waals surface area contributed by atoms with Crippen LogP contribution in [0.3, 0.4) is 0 Å². The number of benzene rings is 1. The molecule has 0 fully saturated rings. The Kier molecular flexibility index (Phi) is 7.22. The van der Waals surface area contributed by atoms with Crippen LogP contribution >= 0.6 is 38.5 Å². The monoisotopic (exact) mass is 468 g/mol. The molecule has 114 valence electrons. The Morgan fingerprint density at radius 1 is 1.20 bits per heavy atom. The zero-order chi connectivity index (χ0) is 15.4. The van der Waals surface area contributed by atoms with E-state index in [4.69, 9.17) is 4.43 Å². The molecule has 0 aliphatic rings. The first-order chi connectivity index (χ1) is 9.17. The molecule has 0 aromatic heterocycles. The molecule has 0 aliphatic heterocycles. The van der Waals surface area contributed by atoms with Crippen molar-refractivity contribution in [2.75, 3.05) is 4.43 Å². The highest BCUT2D eigenvalue weighted by atomic mass is 127. The molecule has 1 nitrogen and oxygen atoms in total. The molecule has 0 radical (unpaired) electrons. The van der Waals surface area contributed by atoms with Gasteiger partial charge in [-0.25, -0.2) is 0 Å². The van der Waals surface area contributed by atoms with E-state index in [0.717, 1.165) is 10.9 Å². The standard InChI is InChI=1S/C16H26BrIOSi/c1-16(2,3)20(4,5)19-15(7-6-12-18)13-8-10-14(17)11-9-13/h8-11,15H,6-7,12H2,1-5H3. The molecule has 0 N–H and O–H groups in total. The molecule has 1 rings (SSSR count). The van der Waals surface area contributed by atoms with Crippen LogP contribution in [-0.2, 0) is 4.43 Å². The molecule has 0 amide bonds. The van der Waals surface area contributed by atoms with Gasteiger partial charge >= 0.3 is 0 Å². The molecule has 1 atom stereocenters. The summed E-state index contributed by atoms with van der Waals surface area (Å²) in [6.07, 6.45) is 2.55. The fourth-order valence-electron chi connectivity index (χ4n) is 1.77. The minimum atomic E-state index is -1.73. The Morgan fingerprint density at radius 3 is 2.20 bits per heavy atom. The van der Waals surface area contributed by atoms with E-state index in [1.54, 1.807) is 0 Å². The van der Waals surface area contributed by atoms with E-state index < -0.39 is 8.32 Å². The van der Waals surface area contributed by atoms with Gasteiger partial charge in [0.2, 0.25) is 0 Å². The van der Waals surface area contributed by atoms with Crippen molar-refractivity contribution < 1.29 is 4.43 Å². The zero-order valence-corrected chi connectivity index (χ0v) is 17.9. The third-order valence-corrected chi connectivity index (χ3v) is 9.86. The first-order valence-corrected chi connectivity index (χ1v) is 12.4. The average Bonchev–Trinajstić information content (AvgIpc) is 2.34. The van der Waals surface area contributed by atoms with Gasteiger partial charge in [0.15, 0.2) is 8.32 Å². The second kappa shape index (κ2) is 7.74. The summed E-state index contributed by atoms with van der Waals surface area (Å²) in [5, 5.41) is 0.255. The van der Waals surface area contributed by atoms with Crippen LogP contribution in [-0.4, -0.2) is 12.7 Å². The molecule has 0 bridgehead atoms. The van der Waals surface area contributed by atoms with E-state index in [9.17, 15) is 0 Å². The molecule has 4 heteroatoms. The molecule has 0 saturated heterocycles. The molecule has 0 aliphatic carbocycles. The van der Waals surface area contributed by atoms with E-state index in [-0.39, 0.29) is 11.1 Å². The SMILES string of the molecule is CC(C)(C)[Si](C)(C)OC(CCCI)c1ccc(Br)cc1. The van der Waals surface area contributed by atoms with Crippen LogP contribution in [0.4, 0.5) is 0 Å². The van der Waals surface area contributed by atoms with Gasteiger partial charge in [0.05, 0.1) is 6.10 Å². The Morgan fingerprint density at radius 2 is 1.75 bits per heavy atom. The maximum atomic E-state index is 6.65. The Hall–Kier alpha value is 0.607. The molecule has 1 unspecified atom stereocenters. The first-order valence-electron chi connectivity index (χ1n) is 7.16. The van der Waals surface area contributed by atoms with Crippen LogP contribution < -0.4 is 0 Å². The van der Waals surface area contributed by atoms with Crippen LogP contribution in [0.2, 0.25) is 18.1 Å². The van der Waals surface area contributed by atoms with E-state index >= 15 is 0 Å². The van der Waals surface area contributed by atoms with Crippen molar-refractivity contribution in [2.45, 2.75) is 57.8 Å². The molecular formula is C16H26BrIOSi. The summed E-state index contributed by atoms with van der Waals surface area (Å²) in [6, 6.07) is 8.60. The number of rotatable bonds is 6. The minimum absolute atomic E-state index is 0.235. The minimum Gasteiger partial charge on any atom is -0.410 e. The third kappa shape index (κ3) is 5.43. The summed E-state index contributed by atoms with van der Waals surface area (Å²) in [4.78, 5) is 0. The third-order valence-electron chi connectivity index (χ3n) is 4.08. The summed E-state index contributed by atoms with van der Waals surface area (Å²) in [5.74, 6) is 0. The van der Waals surface area contributed by atoms with Gasteiger partial charge in [-0.3, -0.25) is 0 Å². The van der Waals surface area contributed by atoms with E-state index in [1.807, 2.05) is 0 Å². The normalized spacial score (nSPS) is 14.3. The second-order valence-electron chi connectivity index (χ2n) is 6.75. The van der Waals surface area contributed by atoms with Crippen LogP contribution in [0.1, 0.15) is 45.3 Å². The Balaban J connectivity index is 2.92. The predicted octanol–water partition coefficient (Wildman–Crippen LogP) is 6.73. The number of alkyl halides is 1. The predicted molar refractivity (Wildman–Crippen MR) is 103 cm³/mol. The summed E-state index contributed by atoms with van der Waals surface area (Å²) in [6.45, 7) is 11.6. The first kappa shape index (κ1) is 18.7. The largest absolute Gasteiger partial charge is 0.410 e. The summed E-state index contributed by atoms with van der Waals surface area (Å²) in [7, 11) is -1.73. The van der Waals surface area contributed by atoms with Crippen LogP contribution in [0.25, 0.3) is 0 Å². The highest BCUT2D eigenvalue weighted by Crippen LogP contribution is 2.40. The molecule has 0 spiro atoms. The maximum Gasteiger partial charge on any atom is 0.192 e. The number of hydrogen-bond acceptors (Lipinski definition) is 1. The topological polar surface area (TPSA) is 9.23 Å². The quantitative estimate of drug-likeness (QED) is 0.255. The fourth-order valence-corrected chi connectivity index (χ4v) is 3.79. The summed E-state index contributed by atoms with van der Waals surface area (Å²) >= 11 is 5.95. The lowest BCUT2D eigenvalue weighted by Crippen LogP contribution is -2.41. The Bertz CT molecular complexity index is 411. The lowest BCUT2D eigenvalue weighted by atomic mass is 10.1. The van der Waals surface area contributed by atoms with E-state index in [2.05, 4.69) is 96.7 Å². The van der Waals surface area contributed by atoms with Gasteiger partial charge in [0, 0.05) is 4.47 Å². The van der Waals surface area contributed by atoms with Crippen molar-refractivity contribution in [3.8, 4) is 0 Å².